The zero-order valence-electron chi connectivity index (χ0n) is 12.0. The standard InChI is InChI=1S/C15H19ClO3Si/c1-11-9-15(17)19-14-10-12(5-6-13(11)14)18-7-4-8-20(2,3)16/h5-6,9-10H,4,7-8H2,1-3H3. The number of benzene rings is 1. The van der Waals surface area contributed by atoms with E-state index in [1.54, 1.807) is 6.07 Å². The van der Waals surface area contributed by atoms with Crippen molar-refractivity contribution in [1.82, 2.24) is 0 Å². The molecule has 0 saturated carbocycles. The lowest BCUT2D eigenvalue weighted by atomic mass is 10.1. The maximum absolute atomic E-state index is 11.4. The molecular formula is C15H19ClO3Si. The Morgan fingerprint density at radius 2 is 2.05 bits per heavy atom. The van der Waals surface area contributed by atoms with Crippen LogP contribution < -0.4 is 10.4 Å². The van der Waals surface area contributed by atoms with Crippen molar-refractivity contribution < 1.29 is 9.15 Å². The van der Waals surface area contributed by atoms with Crippen molar-refractivity contribution in [2.45, 2.75) is 32.5 Å². The van der Waals surface area contributed by atoms with E-state index in [4.69, 9.17) is 20.2 Å². The summed E-state index contributed by atoms with van der Waals surface area (Å²) in [4.78, 5) is 11.4. The van der Waals surface area contributed by atoms with Crippen LogP contribution in [0.5, 0.6) is 5.75 Å². The molecule has 0 N–H and O–H groups in total. The van der Waals surface area contributed by atoms with Gasteiger partial charge in [-0.05, 0) is 37.1 Å². The zero-order valence-corrected chi connectivity index (χ0v) is 13.8. The Bertz CT molecular complexity index is 658. The predicted octanol–water partition coefficient (Wildman–Crippen LogP) is 4.31. The van der Waals surface area contributed by atoms with Gasteiger partial charge in [0, 0.05) is 17.5 Å². The smallest absolute Gasteiger partial charge is 0.336 e. The van der Waals surface area contributed by atoms with E-state index in [2.05, 4.69) is 13.1 Å². The van der Waals surface area contributed by atoms with Gasteiger partial charge in [0.25, 0.3) is 0 Å². The van der Waals surface area contributed by atoms with Crippen LogP contribution in [0, 0.1) is 6.92 Å². The average Bonchev–Trinajstić information content (AvgIpc) is 2.33. The van der Waals surface area contributed by atoms with E-state index in [0.717, 1.165) is 29.2 Å². The molecule has 108 valence electrons. The molecule has 1 aromatic carbocycles. The van der Waals surface area contributed by atoms with Gasteiger partial charge in [0.2, 0.25) is 0 Å². The molecule has 0 radical (unpaired) electrons. The van der Waals surface area contributed by atoms with E-state index in [9.17, 15) is 4.79 Å². The third-order valence-electron chi connectivity index (χ3n) is 3.11. The molecule has 0 bridgehead atoms. The summed E-state index contributed by atoms with van der Waals surface area (Å²) < 4.78 is 10.9. The van der Waals surface area contributed by atoms with Gasteiger partial charge in [-0.2, -0.15) is 11.1 Å². The molecule has 5 heteroatoms. The third-order valence-corrected chi connectivity index (χ3v) is 5.22. The van der Waals surface area contributed by atoms with E-state index in [1.807, 2.05) is 19.1 Å². The summed E-state index contributed by atoms with van der Waals surface area (Å²) >= 11 is 6.26. The van der Waals surface area contributed by atoms with Gasteiger partial charge in [0.15, 0.2) is 7.38 Å². The maximum atomic E-state index is 11.4. The summed E-state index contributed by atoms with van der Waals surface area (Å²) in [7, 11) is -1.52. The molecule has 0 fully saturated rings. The minimum Gasteiger partial charge on any atom is -0.493 e. The SMILES string of the molecule is Cc1cc(=O)oc2cc(OCCC[Si](C)(C)Cl)ccc12. The van der Waals surface area contributed by atoms with Gasteiger partial charge in [-0.1, -0.05) is 13.1 Å². The number of hydrogen-bond donors (Lipinski definition) is 0. The molecule has 3 nitrogen and oxygen atoms in total. The highest BCUT2D eigenvalue weighted by Crippen LogP contribution is 2.23. The number of halogens is 1. The fraction of sp³-hybridized carbons (Fsp3) is 0.400. The summed E-state index contributed by atoms with van der Waals surface area (Å²) in [6.45, 7) is 6.78. The normalized spacial score (nSPS) is 11.8. The minimum atomic E-state index is -1.52. The topological polar surface area (TPSA) is 39.4 Å². The largest absolute Gasteiger partial charge is 0.493 e. The fourth-order valence-electron chi connectivity index (χ4n) is 2.08. The summed E-state index contributed by atoms with van der Waals surface area (Å²) in [5, 5.41) is 0.936. The molecule has 0 aliphatic heterocycles. The highest BCUT2D eigenvalue weighted by molar-refractivity contribution is 7.19. The summed E-state index contributed by atoms with van der Waals surface area (Å²) in [5.74, 6) is 0.722. The van der Waals surface area contributed by atoms with E-state index in [-0.39, 0.29) is 5.63 Å². The highest BCUT2D eigenvalue weighted by atomic mass is 35.6. The van der Waals surface area contributed by atoms with E-state index >= 15 is 0 Å². The quantitative estimate of drug-likeness (QED) is 0.357. The van der Waals surface area contributed by atoms with Crippen LogP contribution in [-0.4, -0.2) is 14.0 Å². The number of aryl methyl sites for hydroxylation is 1. The van der Waals surface area contributed by atoms with Gasteiger partial charge in [-0.3, -0.25) is 0 Å². The van der Waals surface area contributed by atoms with Crippen LogP contribution >= 0.6 is 11.1 Å². The second-order valence-corrected chi connectivity index (χ2v) is 12.6. The van der Waals surface area contributed by atoms with Gasteiger partial charge >= 0.3 is 5.63 Å². The van der Waals surface area contributed by atoms with Crippen LogP contribution in [-0.2, 0) is 0 Å². The second-order valence-electron chi connectivity index (χ2n) is 5.58. The van der Waals surface area contributed by atoms with Crippen LogP contribution in [0.15, 0.2) is 33.5 Å². The first-order valence-electron chi connectivity index (χ1n) is 6.71. The lowest BCUT2D eigenvalue weighted by Gasteiger charge is -2.13. The molecular weight excluding hydrogens is 292 g/mol. The molecule has 0 spiro atoms. The molecule has 2 aromatic rings. The lowest BCUT2D eigenvalue weighted by Crippen LogP contribution is -2.16. The first-order chi connectivity index (χ1) is 9.35. The molecule has 1 heterocycles. The van der Waals surface area contributed by atoms with Crippen molar-refractivity contribution >= 4 is 29.4 Å². The average molecular weight is 311 g/mol. The third kappa shape index (κ3) is 4.12. The van der Waals surface area contributed by atoms with Gasteiger partial charge in [0.05, 0.1) is 6.61 Å². The summed E-state index contributed by atoms with van der Waals surface area (Å²) in [5.41, 5.74) is 1.15. The van der Waals surface area contributed by atoms with Crippen LogP contribution in [0.25, 0.3) is 11.0 Å². The molecule has 0 saturated heterocycles. The monoisotopic (exact) mass is 310 g/mol. The maximum Gasteiger partial charge on any atom is 0.336 e. The molecule has 0 aliphatic rings. The van der Waals surface area contributed by atoms with Crippen molar-refractivity contribution in [1.29, 1.82) is 0 Å². The Hall–Kier alpha value is -1.26. The summed E-state index contributed by atoms with van der Waals surface area (Å²) in [6, 6.07) is 8.11. The molecule has 1 aromatic heterocycles. The summed E-state index contributed by atoms with van der Waals surface area (Å²) in [6.07, 6.45) is 0.943. The molecule has 0 amide bonds. The molecule has 0 unspecified atom stereocenters. The Kier molecular flexibility index (Phi) is 4.55. The van der Waals surface area contributed by atoms with Crippen molar-refractivity contribution in [2.24, 2.45) is 0 Å². The number of ether oxygens (including phenoxy) is 1. The zero-order chi connectivity index (χ0) is 14.8. The van der Waals surface area contributed by atoms with Crippen LogP contribution in [0.2, 0.25) is 19.1 Å². The number of rotatable bonds is 5. The number of hydrogen-bond acceptors (Lipinski definition) is 3. The Morgan fingerprint density at radius 1 is 1.30 bits per heavy atom. The van der Waals surface area contributed by atoms with E-state index in [1.165, 1.54) is 6.07 Å². The number of fused-ring (bicyclic) bond motifs is 1. The van der Waals surface area contributed by atoms with E-state index < -0.39 is 7.38 Å². The first kappa shape index (κ1) is 15.1. The van der Waals surface area contributed by atoms with E-state index in [0.29, 0.717) is 12.2 Å². The minimum absolute atomic E-state index is 0.331. The van der Waals surface area contributed by atoms with Gasteiger partial charge in [-0.15, -0.1) is 0 Å². The van der Waals surface area contributed by atoms with Crippen molar-refractivity contribution in [3.63, 3.8) is 0 Å². The van der Waals surface area contributed by atoms with Crippen LogP contribution in [0.1, 0.15) is 12.0 Å². The molecule has 2 rings (SSSR count). The van der Waals surface area contributed by atoms with Gasteiger partial charge < -0.3 is 9.15 Å². The molecule has 0 aliphatic carbocycles. The van der Waals surface area contributed by atoms with Crippen LogP contribution in [0.3, 0.4) is 0 Å². The van der Waals surface area contributed by atoms with Gasteiger partial charge in [-0.25, -0.2) is 4.79 Å². The van der Waals surface area contributed by atoms with Crippen molar-refractivity contribution in [2.75, 3.05) is 6.61 Å². The Labute approximate surface area is 124 Å². The van der Waals surface area contributed by atoms with Crippen molar-refractivity contribution in [3.05, 3.63) is 40.2 Å². The van der Waals surface area contributed by atoms with Crippen LogP contribution in [0.4, 0.5) is 0 Å². The van der Waals surface area contributed by atoms with Crippen molar-refractivity contribution in [3.8, 4) is 5.75 Å². The second kappa shape index (κ2) is 6.02. The fourth-order valence-corrected chi connectivity index (χ4v) is 3.46. The highest BCUT2D eigenvalue weighted by Gasteiger charge is 2.15. The molecule has 20 heavy (non-hydrogen) atoms. The lowest BCUT2D eigenvalue weighted by molar-refractivity contribution is 0.317. The Morgan fingerprint density at radius 3 is 2.75 bits per heavy atom. The predicted molar refractivity (Wildman–Crippen MR) is 85.5 cm³/mol. The molecule has 0 atom stereocenters. The Balaban J connectivity index is 2.07. The first-order valence-corrected chi connectivity index (χ1v) is 10.9. The van der Waals surface area contributed by atoms with Gasteiger partial charge in [0.1, 0.15) is 11.3 Å².